The summed E-state index contributed by atoms with van der Waals surface area (Å²) in [5, 5.41) is 11.5. The summed E-state index contributed by atoms with van der Waals surface area (Å²) in [5.74, 6) is -0.262. The summed E-state index contributed by atoms with van der Waals surface area (Å²) in [6.07, 6.45) is 0.0752. The van der Waals surface area contributed by atoms with Crippen LogP contribution in [0.15, 0.2) is 77.7 Å². The van der Waals surface area contributed by atoms with Gasteiger partial charge in [-0.05, 0) is 48.0 Å². The van der Waals surface area contributed by atoms with Crippen molar-refractivity contribution >= 4 is 38.4 Å². The molecule has 0 aliphatic heterocycles. The number of nitrogens with one attached hydrogen (secondary N) is 4. The Morgan fingerprint density at radius 1 is 1.03 bits per heavy atom. The first-order chi connectivity index (χ1) is 16.3. The third kappa shape index (κ3) is 4.85. The summed E-state index contributed by atoms with van der Waals surface area (Å²) in [7, 11) is -3.59. The van der Waals surface area contributed by atoms with Crippen molar-refractivity contribution < 1.29 is 13.2 Å². The number of anilines is 1. The van der Waals surface area contributed by atoms with E-state index in [1.54, 1.807) is 31.2 Å². The molecular formula is C25H25N5O3S. The van der Waals surface area contributed by atoms with E-state index in [4.69, 9.17) is 11.1 Å². The molecule has 1 amide bonds. The zero-order valence-electron chi connectivity index (χ0n) is 18.6. The predicted octanol–water partition coefficient (Wildman–Crippen LogP) is 3.60. The second-order valence-electron chi connectivity index (χ2n) is 7.77. The number of amidine groups is 1. The smallest absolute Gasteiger partial charge is 0.240 e. The Balaban J connectivity index is 1.77. The van der Waals surface area contributed by atoms with Crippen LogP contribution in [-0.2, 0) is 21.2 Å². The van der Waals surface area contributed by atoms with Gasteiger partial charge in [0.25, 0.3) is 0 Å². The maximum absolute atomic E-state index is 12.8. The minimum atomic E-state index is -3.59. The van der Waals surface area contributed by atoms with Crippen LogP contribution in [0.2, 0.25) is 0 Å². The van der Waals surface area contributed by atoms with Crippen LogP contribution in [-0.4, -0.2) is 31.7 Å². The average Bonchev–Trinajstić information content (AvgIpc) is 3.16. The standard InChI is InChI=1S/C25H25N5O3S/c1-2-28-34(32,33)19-11-8-16(9-12-19)24-20-14-17(25(26)27)10-13-21(20)30-22(24)15-23(31)29-18-6-4-3-5-7-18/h3-14,28,30H,2,15H2,1H3,(H3,26,27)(H,29,31). The van der Waals surface area contributed by atoms with Gasteiger partial charge in [-0.15, -0.1) is 0 Å². The highest BCUT2D eigenvalue weighted by atomic mass is 32.2. The number of hydrogen-bond donors (Lipinski definition) is 5. The molecule has 0 radical (unpaired) electrons. The first-order valence-corrected chi connectivity index (χ1v) is 12.2. The summed E-state index contributed by atoms with van der Waals surface area (Å²) in [6, 6.07) is 21.0. The van der Waals surface area contributed by atoms with Gasteiger partial charge < -0.3 is 16.0 Å². The number of carbonyl (C=O) groups excluding carboxylic acids is 1. The highest BCUT2D eigenvalue weighted by Gasteiger charge is 2.19. The topological polar surface area (TPSA) is 141 Å². The quantitative estimate of drug-likeness (QED) is 0.196. The van der Waals surface area contributed by atoms with Crippen LogP contribution < -0.4 is 15.8 Å². The number of H-pyrrole nitrogens is 1. The van der Waals surface area contributed by atoms with E-state index < -0.39 is 10.0 Å². The lowest BCUT2D eigenvalue weighted by Crippen LogP contribution is -2.22. The van der Waals surface area contributed by atoms with E-state index in [0.717, 1.165) is 22.0 Å². The number of nitrogens with two attached hydrogens (primary N) is 1. The average molecular weight is 476 g/mol. The minimum Gasteiger partial charge on any atom is -0.384 e. The maximum Gasteiger partial charge on any atom is 0.240 e. The molecule has 0 fully saturated rings. The molecule has 0 spiro atoms. The number of aromatic nitrogens is 1. The van der Waals surface area contributed by atoms with E-state index in [9.17, 15) is 13.2 Å². The van der Waals surface area contributed by atoms with Gasteiger partial charge in [0.05, 0.1) is 11.3 Å². The van der Waals surface area contributed by atoms with Gasteiger partial charge in [0.15, 0.2) is 0 Å². The van der Waals surface area contributed by atoms with Crippen molar-refractivity contribution in [3.8, 4) is 11.1 Å². The number of amides is 1. The lowest BCUT2D eigenvalue weighted by molar-refractivity contribution is -0.115. The summed E-state index contributed by atoms with van der Waals surface area (Å²) in [5.41, 5.74) is 9.91. The van der Waals surface area contributed by atoms with Crippen LogP contribution >= 0.6 is 0 Å². The number of aromatic amines is 1. The van der Waals surface area contributed by atoms with Gasteiger partial charge in [0.2, 0.25) is 15.9 Å². The van der Waals surface area contributed by atoms with Gasteiger partial charge >= 0.3 is 0 Å². The van der Waals surface area contributed by atoms with Crippen LogP contribution in [0.5, 0.6) is 0 Å². The fraction of sp³-hybridized carbons (Fsp3) is 0.120. The molecule has 9 heteroatoms. The lowest BCUT2D eigenvalue weighted by atomic mass is 9.99. The van der Waals surface area contributed by atoms with E-state index in [2.05, 4.69) is 15.0 Å². The molecule has 0 saturated heterocycles. The van der Waals surface area contributed by atoms with Crippen LogP contribution in [0.25, 0.3) is 22.0 Å². The zero-order valence-corrected chi connectivity index (χ0v) is 19.4. The molecule has 1 heterocycles. The molecule has 6 N–H and O–H groups in total. The SMILES string of the molecule is CCNS(=O)(=O)c1ccc(-c2c(CC(=O)Nc3ccccc3)[nH]c3ccc(C(=N)N)cc23)cc1. The maximum atomic E-state index is 12.8. The fourth-order valence-corrected chi connectivity index (χ4v) is 4.88. The second kappa shape index (κ2) is 9.50. The van der Waals surface area contributed by atoms with Crippen molar-refractivity contribution in [2.24, 2.45) is 5.73 Å². The normalized spacial score (nSPS) is 11.4. The molecule has 0 saturated carbocycles. The van der Waals surface area contributed by atoms with Crippen molar-refractivity contribution in [3.05, 3.63) is 84.1 Å². The highest BCUT2D eigenvalue weighted by Crippen LogP contribution is 2.34. The Morgan fingerprint density at radius 2 is 1.74 bits per heavy atom. The number of para-hydroxylation sites is 1. The van der Waals surface area contributed by atoms with E-state index >= 15 is 0 Å². The minimum absolute atomic E-state index is 0.0653. The number of hydrogen-bond acceptors (Lipinski definition) is 4. The molecule has 4 aromatic rings. The number of rotatable bonds is 8. The third-order valence-corrected chi connectivity index (χ3v) is 6.93. The van der Waals surface area contributed by atoms with Crippen molar-refractivity contribution in [1.29, 1.82) is 5.41 Å². The fourth-order valence-electron chi connectivity index (χ4n) is 3.84. The molecule has 34 heavy (non-hydrogen) atoms. The molecule has 1 aromatic heterocycles. The molecule has 0 atom stereocenters. The Kier molecular flexibility index (Phi) is 6.49. The Labute approximate surface area is 197 Å². The predicted molar refractivity (Wildman–Crippen MR) is 134 cm³/mol. The first kappa shape index (κ1) is 23.2. The molecular weight excluding hydrogens is 450 g/mol. The monoisotopic (exact) mass is 475 g/mol. The van der Waals surface area contributed by atoms with Gasteiger partial charge in [-0.3, -0.25) is 10.2 Å². The Hall–Kier alpha value is -3.95. The van der Waals surface area contributed by atoms with Crippen LogP contribution in [0, 0.1) is 5.41 Å². The summed E-state index contributed by atoms with van der Waals surface area (Å²) in [4.78, 5) is 16.3. The van der Waals surface area contributed by atoms with Gasteiger partial charge in [-0.25, -0.2) is 13.1 Å². The van der Waals surface area contributed by atoms with Crippen molar-refractivity contribution in [1.82, 2.24) is 9.71 Å². The number of nitrogen functional groups attached to an aromatic ring is 1. The molecule has 4 rings (SSSR count). The number of sulfonamides is 1. The van der Waals surface area contributed by atoms with E-state index in [0.29, 0.717) is 23.5 Å². The van der Waals surface area contributed by atoms with Gasteiger partial charge in [0.1, 0.15) is 5.84 Å². The number of carbonyl (C=O) groups is 1. The summed E-state index contributed by atoms with van der Waals surface area (Å²) in [6.45, 7) is 2.01. The van der Waals surface area contributed by atoms with Crippen LogP contribution in [0.1, 0.15) is 18.2 Å². The van der Waals surface area contributed by atoms with Crippen molar-refractivity contribution in [2.75, 3.05) is 11.9 Å². The molecule has 174 valence electrons. The van der Waals surface area contributed by atoms with E-state index in [-0.39, 0.29) is 23.1 Å². The summed E-state index contributed by atoms with van der Waals surface area (Å²) < 4.78 is 27.2. The lowest BCUT2D eigenvalue weighted by Gasteiger charge is -2.09. The number of fused-ring (bicyclic) bond motifs is 1. The Bertz CT molecular complexity index is 1460. The second-order valence-corrected chi connectivity index (χ2v) is 9.54. The largest absolute Gasteiger partial charge is 0.384 e. The number of benzene rings is 3. The molecule has 8 nitrogen and oxygen atoms in total. The van der Waals surface area contributed by atoms with Crippen LogP contribution in [0.4, 0.5) is 5.69 Å². The van der Waals surface area contributed by atoms with Gasteiger partial charge in [0, 0.05) is 40.0 Å². The van der Waals surface area contributed by atoms with Crippen molar-refractivity contribution in [2.45, 2.75) is 18.2 Å². The van der Waals surface area contributed by atoms with Gasteiger partial charge in [-0.2, -0.15) is 0 Å². The highest BCUT2D eigenvalue weighted by molar-refractivity contribution is 7.89. The Morgan fingerprint density at radius 3 is 2.38 bits per heavy atom. The van der Waals surface area contributed by atoms with E-state index in [1.807, 2.05) is 36.4 Å². The van der Waals surface area contributed by atoms with E-state index in [1.165, 1.54) is 12.1 Å². The molecule has 0 unspecified atom stereocenters. The summed E-state index contributed by atoms with van der Waals surface area (Å²) >= 11 is 0. The molecule has 0 aliphatic carbocycles. The molecule has 0 bridgehead atoms. The first-order valence-electron chi connectivity index (χ1n) is 10.7. The zero-order chi connectivity index (χ0) is 24.3. The molecule has 3 aromatic carbocycles. The van der Waals surface area contributed by atoms with Crippen molar-refractivity contribution in [3.63, 3.8) is 0 Å². The van der Waals surface area contributed by atoms with Gasteiger partial charge in [-0.1, -0.05) is 37.3 Å². The third-order valence-electron chi connectivity index (χ3n) is 5.37. The van der Waals surface area contributed by atoms with Crippen LogP contribution in [0.3, 0.4) is 0 Å². The molecule has 0 aliphatic rings.